The largest absolute Gasteiger partial charge is 0.355 e. The fourth-order valence-corrected chi connectivity index (χ4v) is 1.91. The molecule has 2 N–H and O–H groups in total. The van der Waals surface area contributed by atoms with Crippen LogP contribution >= 0.6 is 0 Å². The smallest absolute Gasteiger partial charge is 0.223 e. The van der Waals surface area contributed by atoms with E-state index in [0.29, 0.717) is 13.0 Å². The number of nitrogens with one attached hydrogen (secondary N) is 2. The van der Waals surface area contributed by atoms with Crippen LogP contribution in [0.15, 0.2) is 30.4 Å². The monoisotopic (exact) mass is 257 g/mol. The summed E-state index contributed by atoms with van der Waals surface area (Å²) in [6.45, 7) is 4.57. The molecule has 4 heteroatoms. The predicted molar refractivity (Wildman–Crippen MR) is 77.0 cm³/mol. The minimum atomic E-state index is 0.0463. The molecule has 0 unspecified atom stereocenters. The molecule has 2 rings (SSSR count). The lowest BCUT2D eigenvalue weighted by Crippen LogP contribution is -2.25. The van der Waals surface area contributed by atoms with Crippen molar-refractivity contribution < 1.29 is 4.79 Å². The number of nitrogens with zero attached hydrogens (tertiary/aromatic N) is 1. The molecule has 1 heterocycles. The van der Waals surface area contributed by atoms with Crippen LogP contribution in [0.2, 0.25) is 0 Å². The van der Waals surface area contributed by atoms with Crippen LogP contribution in [-0.2, 0) is 11.2 Å². The van der Waals surface area contributed by atoms with Crippen LogP contribution in [0.5, 0.6) is 0 Å². The molecule has 1 aromatic carbocycles. The van der Waals surface area contributed by atoms with Crippen LogP contribution in [0.25, 0.3) is 11.0 Å². The van der Waals surface area contributed by atoms with Crippen molar-refractivity contribution in [2.75, 3.05) is 6.54 Å². The van der Waals surface area contributed by atoms with Crippen LogP contribution in [0.3, 0.4) is 0 Å². The van der Waals surface area contributed by atoms with Crippen molar-refractivity contribution in [3.05, 3.63) is 41.7 Å². The van der Waals surface area contributed by atoms with Gasteiger partial charge in [-0.3, -0.25) is 4.79 Å². The van der Waals surface area contributed by atoms with E-state index in [1.165, 1.54) is 5.56 Å². The van der Waals surface area contributed by atoms with Crippen LogP contribution in [0.4, 0.5) is 0 Å². The quantitative estimate of drug-likeness (QED) is 0.808. The van der Waals surface area contributed by atoms with Crippen molar-refractivity contribution in [2.45, 2.75) is 26.7 Å². The summed E-state index contributed by atoms with van der Waals surface area (Å²) in [6.07, 6.45) is 4.88. The number of rotatable bonds is 5. The third kappa shape index (κ3) is 3.68. The zero-order valence-corrected chi connectivity index (χ0v) is 11.4. The van der Waals surface area contributed by atoms with Crippen LogP contribution in [-0.4, -0.2) is 22.4 Å². The van der Waals surface area contributed by atoms with E-state index in [9.17, 15) is 4.79 Å². The molecule has 0 atom stereocenters. The van der Waals surface area contributed by atoms with Crippen molar-refractivity contribution in [1.29, 1.82) is 0 Å². The summed E-state index contributed by atoms with van der Waals surface area (Å²) in [7, 11) is 0. The summed E-state index contributed by atoms with van der Waals surface area (Å²) < 4.78 is 0. The Morgan fingerprint density at radius 3 is 3.11 bits per heavy atom. The Labute approximate surface area is 112 Å². The number of aryl methyl sites for hydroxylation is 1. The highest BCUT2D eigenvalue weighted by Crippen LogP contribution is 2.13. The SMILES string of the molecule is C/C=C/CC(=O)NCCc1nc2ccc(C)cc2[nH]1. The summed E-state index contributed by atoms with van der Waals surface area (Å²) in [4.78, 5) is 19.2. The van der Waals surface area contributed by atoms with Crippen LogP contribution in [0.1, 0.15) is 24.7 Å². The summed E-state index contributed by atoms with van der Waals surface area (Å²) >= 11 is 0. The molecule has 1 amide bonds. The normalized spacial score (nSPS) is 11.3. The minimum Gasteiger partial charge on any atom is -0.355 e. The molecule has 100 valence electrons. The van der Waals surface area contributed by atoms with Gasteiger partial charge in [-0.05, 0) is 31.5 Å². The highest BCUT2D eigenvalue weighted by Gasteiger charge is 2.03. The number of hydrogen-bond donors (Lipinski definition) is 2. The fraction of sp³-hybridized carbons (Fsp3) is 0.333. The third-order valence-electron chi connectivity index (χ3n) is 2.91. The van der Waals surface area contributed by atoms with Crippen molar-refractivity contribution in [3.8, 4) is 0 Å². The van der Waals surface area contributed by atoms with Crippen molar-refractivity contribution in [3.63, 3.8) is 0 Å². The number of carbonyl (C=O) groups is 1. The topological polar surface area (TPSA) is 57.8 Å². The molecule has 4 nitrogen and oxygen atoms in total. The number of allylic oxidation sites excluding steroid dienone is 1. The Hall–Kier alpha value is -2.10. The predicted octanol–water partition coefficient (Wildman–Crippen LogP) is 2.50. The van der Waals surface area contributed by atoms with Crippen LogP contribution in [0, 0.1) is 6.92 Å². The molecule has 0 spiro atoms. The number of aromatic nitrogens is 2. The average Bonchev–Trinajstić information content (AvgIpc) is 2.78. The van der Waals surface area contributed by atoms with Gasteiger partial charge in [0.1, 0.15) is 5.82 Å². The highest BCUT2D eigenvalue weighted by molar-refractivity contribution is 5.77. The summed E-state index contributed by atoms with van der Waals surface area (Å²) in [5, 5.41) is 2.87. The molecule has 0 saturated heterocycles. The van der Waals surface area contributed by atoms with Gasteiger partial charge in [0.05, 0.1) is 11.0 Å². The molecule has 0 bridgehead atoms. The molecule has 0 radical (unpaired) electrons. The zero-order chi connectivity index (χ0) is 13.7. The summed E-state index contributed by atoms with van der Waals surface area (Å²) in [5.41, 5.74) is 3.23. The number of aromatic amines is 1. The molecule has 0 fully saturated rings. The van der Waals surface area contributed by atoms with E-state index in [2.05, 4.69) is 28.3 Å². The maximum atomic E-state index is 11.4. The lowest BCUT2D eigenvalue weighted by atomic mass is 10.2. The van der Waals surface area contributed by atoms with Crippen LogP contribution < -0.4 is 5.32 Å². The lowest BCUT2D eigenvalue weighted by Gasteiger charge is -2.00. The maximum absolute atomic E-state index is 11.4. The highest BCUT2D eigenvalue weighted by atomic mass is 16.1. The first-order valence-electron chi connectivity index (χ1n) is 6.52. The Morgan fingerprint density at radius 2 is 2.32 bits per heavy atom. The average molecular weight is 257 g/mol. The lowest BCUT2D eigenvalue weighted by molar-refractivity contribution is -0.120. The first-order chi connectivity index (χ1) is 9.19. The molecule has 0 saturated carbocycles. The van der Waals surface area contributed by atoms with E-state index in [1.807, 2.05) is 31.2 Å². The number of H-pyrrole nitrogens is 1. The second kappa shape index (κ2) is 6.18. The number of hydrogen-bond acceptors (Lipinski definition) is 2. The number of amides is 1. The van der Waals surface area contributed by atoms with Gasteiger partial charge in [0.2, 0.25) is 5.91 Å². The van der Waals surface area contributed by atoms with E-state index in [0.717, 1.165) is 23.3 Å². The van der Waals surface area contributed by atoms with Gasteiger partial charge in [-0.25, -0.2) is 4.98 Å². The van der Waals surface area contributed by atoms with Gasteiger partial charge in [0, 0.05) is 19.4 Å². The molecule has 1 aromatic heterocycles. The Morgan fingerprint density at radius 1 is 1.47 bits per heavy atom. The first kappa shape index (κ1) is 13.3. The van der Waals surface area contributed by atoms with E-state index < -0.39 is 0 Å². The summed E-state index contributed by atoms with van der Waals surface area (Å²) in [5.74, 6) is 0.956. The number of carbonyl (C=O) groups excluding carboxylic acids is 1. The van der Waals surface area contributed by atoms with Gasteiger partial charge in [-0.15, -0.1) is 0 Å². The summed E-state index contributed by atoms with van der Waals surface area (Å²) in [6, 6.07) is 6.14. The number of imidazole rings is 1. The minimum absolute atomic E-state index is 0.0463. The maximum Gasteiger partial charge on any atom is 0.223 e. The standard InChI is InChI=1S/C15H19N3O/c1-3-4-5-15(19)16-9-8-14-17-12-7-6-11(2)10-13(12)18-14/h3-4,6-7,10H,5,8-9H2,1-2H3,(H,16,19)(H,17,18)/b4-3+. The van der Waals surface area contributed by atoms with E-state index in [-0.39, 0.29) is 5.91 Å². The fourth-order valence-electron chi connectivity index (χ4n) is 1.91. The molecule has 0 aliphatic carbocycles. The molecule has 0 aliphatic heterocycles. The molecular formula is C15H19N3O. The molecule has 19 heavy (non-hydrogen) atoms. The van der Waals surface area contributed by atoms with Gasteiger partial charge < -0.3 is 10.3 Å². The Balaban J connectivity index is 1.89. The van der Waals surface area contributed by atoms with Gasteiger partial charge in [0.15, 0.2) is 0 Å². The van der Waals surface area contributed by atoms with Crippen molar-refractivity contribution in [2.24, 2.45) is 0 Å². The third-order valence-corrected chi connectivity index (χ3v) is 2.91. The number of benzene rings is 1. The molecular weight excluding hydrogens is 238 g/mol. The van der Waals surface area contributed by atoms with Crippen molar-refractivity contribution >= 4 is 16.9 Å². The Kier molecular flexibility index (Phi) is 4.34. The molecule has 0 aliphatic rings. The Bertz CT molecular complexity index is 598. The van der Waals surface area contributed by atoms with Gasteiger partial charge in [0.25, 0.3) is 0 Å². The second-order valence-corrected chi connectivity index (χ2v) is 4.58. The van der Waals surface area contributed by atoms with Gasteiger partial charge >= 0.3 is 0 Å². The first-order valence-corrected chi connectivity index (χ1v) is 6.52. The van der Waals surface area contributed by atoms with E-state index >= 15 is 0 Å². The van der Waals surface area contributed by atoms with E-state index in [4.69, 9.17) is 0 Å². The molecule has 2 aromatic rings. The number of fused-ring (bicyclic) bond motifs is 1. The van der Waals surface area contributed by atoms with Crippen molar-refractivity contribution in [1.82, 2.24) is 15.3 Å². The van der Waals surface area contributed by atoms with E-state index in [1.54, 1.807) is 0 Å². The van der Waals surface area contributed by atoms with Gasteiger partial charge in [-0.1, -0.05) is 18.2 Å². The second-order valence-electron chi connectivity index (χ2n) is 4.58. The van der Waals surface area contributed by atoms with Gasteiger partial charge in [-0.2, -0.15) is 0 Å². The zero-order valence-electron chi connectivity index (χ0n) is 11.4.